The molecule has 0 saturated carbocycles. The van der Waals surface area contributed by atoms with Crippen LogP contribution in [0.4, 0.5) is 11.4 Å². The lowest BCUT2D eigenvalue weighted by atomic mass is 9.94. The molecule has 1 aliphatic rings. The first-order valence-electron chi connectivity index (χ1n) is 8.17. The Kier molecular flexibility index (Phi) is 5.41. The topological polar surface area (TPSA) is 95.6 Å². The summed E-state index contributed by atoms with van der Waals surface area (Å²) in [5, 5.41) is 2.80. The molecule has 7 nitrogen and oxygen atoms in total. The van der Waals surface area contributed by atoms with Gasteiger partial charge in [-0.2, -0.15) is 0 Å². The van der Waals surface area contributed by atoms with Gasteiger partial charge in [0.1, 0.15) is 6.04 Å². The number of nitrogens with zero attached hydrogens (tertiary/aromatic N) is 1. The van der Waals surface area contributed by atoms with Gasteiger partial charge in [-0.3, -0.25) is 14.3 Å². The number of amides is 2. The van der Waals surface area contributed by atoms with Crippen LogP contribution in [0.5, 0.6) is 0 Å². The number of rotatable bonds is 4. The minimum absolute atomic E-state index is 0.0298. The van der Waals surface area contributed by atoms with Gasteiger partial charge in [0.2, 0.25) is 21.8 Å². The fraction of sp³-hybridized carbons (Fsp3) is 0.529. The van der Waals surface area contributed by atoms with Crippen LogP contribution >= 0.6 is 0 Å². The van der Waals surface area contributed by atoms with Crippen LogP contribution in [0.15, 0.2) is 24.3 Å². The van der Waals surface area contributed by atoms with Crippen molar-refractivity contribution in [1.82, 2.24) is 4.90 Å². The van der Waals surface area contributed by atoms with E-state index in [1.165, 1.54) is 0 Å². The molecule has 25 heavy (non-hydrogen) atoms. The molecule has 2 N–H and O–H groups in total. The van der Waals surface area contributed by atoms with Crippen LogP contribution in [-0.2, 0) is 19.6 Å². The van der Waals surface area contributed by atoms with Gasteiger partial charge in [0, 0.05) is 23.3 Å². The Morgan fingerprint density at radius 1 is 1.12 bits per heavy atom. The van der Waals surface area contributed by atoms with Crippen molar-refractivity contribution in [3.8, 4) is 0 Å². The van der Waals surface area contributed by atoms with Crippen LogP contribution in [0.3, 0.4) is 0 Å². The van der Waals surface area contributed by atoms with Crippen LogP contribution in [-0.4, -0.2) is 44.0 Å². The molecule has 1 aliphatic heterocycles. The van der Waals surface area contributed by atoms with Crippen molar-refractivity contribution in [1.29, 1.82) is 0 Å². The van der Waals surface area contributed by atoms with E-state index in [2.05, 4.69) is 10.0 Å². The first-order valence-corrected chi connectivity index (χ1v) is 10.1. The Morgan fingerprint density at radius 2 is 1.68 bits per heavy atom. The summed E-state index contributed by atoms with van der Waals surface area (Å²) < 4.78 is 24.8. The second-order valence-electron chi connectivity index (χ2n) is 7.35. The van der Waals surface area contributed by atoms with Crippen LogP contribution in [0, 0.1) is 5.41 Å². The van der Waals surface area contributed by atoms with Gasteiger partial charge in [-0.25, -0.2) is 8.42 Å². The second-order valence-corrected chi connectivity index (χ2v) is 9.10. The summed E-state index contributed by atoms with van der Waals surface area (Å²) in [6.07, 6.45) is 2.52. The molecule has 8 heteroatoms. The summed E-state index contributed by atoms with van der Waals surface area (Å²) >= 11 is 0. The van der Waals surface area contributed by atoms with Gasteiger partial charge in [-0.05, 0) is 37.1 Å². The molecule has 1 aromatic rings. The van der Waals surface area contributed by atoms with E-state index in [-0.39, 0.29) is 11.8 Å². The van der Waals surface area contributed by atoms with Gasteiger partial charge >= 0.3 is 0 Å². The third kappa shape index (κ3) is 5.19. The molecule has 0 radical (unpaired) electrons. The molecule has 1 fully saturated rings. The first kappa shape index (κ1) is 19.2. The fourth-order valence-electron chi connectivity index (χ4n) is 2.77. The number of carbonyl (C=O) groups excluding carboxylic acids is 2. The smallest absolute Gasteiger partial charge is 0.247 e. The minimum Gasteiger partial charge on any atom is -0.330 e. The highest BCUT2D eigenvalue weighted by Gasteiger charge is 2.38. The standard InChI is InChI=1S/C17H25N3O4S/c1-17(2,3)16(22)20-11-5-6-14(20)15(21)18-12-7-9-13(10-8-12)19-25(4,23)24/h7-10,14,19H,5-6,11H2,1-4H3,(H,18,21). The number of hydrogen-bond acceptors (Lipinski definition) is 4. The maximum atomic E-state index is 12.6. The Morgan fingerprint density at radius 3 is 2.20 bits per heavy atom. The number of nitrogens with one attached hydrogen (secondary N) is 2. The zero-order chi connectivity index (χ0) is 18.8. The van der Waals surface area contributed by atoms with E-state index in [0.29, 0.717) is 24.3 Å². The van der Waals surface area contributed by atoms with Crippen molar-refractivity contribution in [2.24, 2.45) is 5.41 Å². The predicted octanol–water partition coefficient (Wildman–Crippen LogP) is 2.03. The highest BCUT2D eigenvalue weighted by molar-refractivity contribution is 7.92. The molecule has 0 aliphatic carbocycles. The van der Waals surface area contributed by atoms with E-state index in [1.54, 1.807) is 29.2 Å². The second kappa shape index (κ2) is 7.03. The third-order valence-corrected chi connectivity index (χ3v) is 4.52. The lowest BCUT2D eigenvalue weighted by Crippen LogP contribution is -2.47. The maximum Gasteiger partial charge on any atom is 0.247 e. The number of hydrogen-bond donors (Lipinski definition) is 2. The summed E-state index contributed by atoms with van der Waals surface area (Å²) in [7, 11) is -3.34. The van der Waals surface area contributed by atoms with E-state index in [9.17, 15) is 18.0 Å². The van der Waals surface area contributed by atoms with Crippen molar-refractivity contribution in [3.63, 3.8) is 0 Å². The number of carbonyl (C=O) groups is 2. The molecule has 138 valence electrons. The van der Waals surface area contributed by atoms with Gasteiger partial charge < -0.3 is 10.2 Å². The Labute approximate surface area is 148 Å². The summed E-state index contributed by atoms with van der Waals surface area (Å²) in [5.41, 5.74) is 0.451. The van der Waals surface area contributed by atoms with Gasteiger partial charge in [0.05, 0.1) is 6.26 Å². The molecule has 0 aromatic heterocycles. The maximum absolute atomic E-state index is 12.6. The zero-order valence-corrected chi connectivity index (χ0v) is 15.8. The van der Waals surface area contributed by atoms with E-state index in [4.69, 9.17) is 0 Å². The van der Waals surface area contributed by atoms with Crippen LogP contribution < -0.4 is 10.0 Å². The molecular weight excluding hydrogens is 342 g/mol. The largest absolute Gasteiger partial charge is 0.330 e. The van der Waals surface area contributed by atoms with Crippen LogP contribution in [0.2, 0.25) is 0 Å². The van der Waals surface area contributed by atoms with Crippen molar-refractivity contribution in [3.05, 3.63) is 24.3 Å². The van der Waals surface area contributed by atoms with Crippen LogP contribution in [0.1, 0.15) is 33.6 Å². The third-order valence-electron chi connectivity index (χ3n) is 3.91. The molecule has 1 unspecified atom stereocenters. The number of sulfonamides is 1. The Hall–Kier alpha value is -2.09. The van der Waals surface area contributed by atoms with E-state index >= 15 is 0 Å². The Balaban J connectivity index is 2.05. The molecule has 1 aromatic carbocycles. The van der Waals surface area contributed by atoms with E-state index in [0.717, 1.165) is 12.7 Å². The average molecular weight is 367 g/mol. The SMILES string of the molecule is CC(C)(C)C(=O)N1CCCC1C(=O)Nc1ccc(NS(C)(=O)=O)cc1. The predicted molar refractivity (Wildman–Crippen MR) is 97.7 cm³/mol. The van der Waals surface area contributed by atoms with Crippen LogP contribution in [0.25, 0.3) is 0 Å². The number of likely N-dealkylation sites (tertiary alicyclic amines) is 1. The fourth-order valence-corrected chi connectivity index (χ4v) is 3.34. The lowest BCUT2D eigenvalue weighted by Gasteiger charge is -2.30. The summed E-state index contributed by atoms with van der Waals surface area (Å²) in [6.45, 7) is 6.12. The molecule has 1 atom stereocenters. The molecule has 1 saturated heterocycles. The summed E-state index contributed by atoms with van der Waals surface area (Å²) in [6, 6.07) is 5.92. The van der Waals surface area contributed by atoms with Gasteiger partial charge in [-0.15, -0.1) is 0 Å². The average Bonchev–Trinajstić information content (AvgIpc) is 2.95. The number of benzene rings is 1. The van der Waals surface area contributed by atoms with E-state index in [1.807, 2.05) is 20.8 Å². The normalized spacial score (nSPS) is 18.1. The van der Waals surface area contributed by atoms with Crippen molar-refractivity contribution in [2.45, 2.75) is 39.7 Å². The molecule has 0 spiro atoms. The molecule has 0 bridgehead atoms. The van der Waals surface area contributed by atoms with Crippen molar-refractivity contribution in [2.75, 3.05) is 22.8 Å². The summed E-state index contributed by atoms with van der Waals surface area (Å²) in [5.74, 6) is -0.253. The van der Waals surface area contributed by atoms with Gasteiger partial charge in [0.25, 0.3) is 0 Å². The highest BCUT2D eigenvalue weighted by Crippen LogP contribution is 2.26. The molecular formula is C17H25N3O4S. The van der Waals surface area contributed by atoms with Crippen molar-refractivity contribution >= 4 is 33.2 Å². The monoisotopic (exact) mass is 367 g/mol. The quantitative estimate of drug-likeness (QED) is 0.851. The number of anilines is 2. The molecule has 2 rings (SSSR count). The van der Waals surface area contributed by atoms with Gasteiger partial charge in [0.15, 0.2) is 0 Å². The van der Waals surface area contributed by atoms with E-state index < -0.39 is 21.5 Å². The van der Waals surface area contributed by atoms with Crippen molar-refractivity contribution < 1.29 is 18.0 Å². The highest BCUT2D eigenvalue weighted by atomic mass is 32.2. The molecule has 2 amide bonds. The Bertz CT molecular complexity index is 751. The lowest BCUT2D eigenvalue weighted by molar-refractivity contribution is -0.143. The van der Waals surface area contributed by atoms with Gasteiger partial charge in [-0.1, -0.05) is 20.8 Å². The zero-order valence-electron chi connectivity index (χ0n) is 15.0. The molecule has 1 heterocycles. The minimum atomic E-state index is -3.34. The summed E-state index contributed by atoms with van der Waals surface area (Å²) in [4.78, 5) is 26.7. The first-order chi connectivity index (χ1) is 11.5.